The molecule has 0 saturated carbocycles. The van der Waals surface area contributed by atoms with Gasteiger partial charge in [0.1, 0.15) is 17.1 Å². The standard InChI is InChI=1S/C19H21NO6/c1-4-5-13-6-7-16(17(8-13)24-3)25-11-18(21)20-10-14-9-15(19(22)23)12(2)26-14/h4-9H,10-11H2,1-3H3,(H,20,21)(H,22,23)/b5-4+. The highest BCUT2D eigenvalue weighted by Gasteiger charge is 2.14. The van der Waals surface area contributed by atoms with Crippen molar-refractivity contribution >= 4 is 18.0 Å². The highest BCUT2D eigenvalue weighted by Crippen LogP contribution is 2.28. The minimum absolute atomic E-state index is 0.0771. The van der Waals surface area contributed by atoms with E-state index in [0.29, 0.717) is 23.0 Å². The van der Waals surface area contributed by atoms with Crippen molar-refractivity contribution in [2.75, 3.05) is 13.7 Å². The summed E-state index contributed by atoms with van der Waals surface area (Å²) in [5.41, 5.74) is 1.04. The Kier molecular flexibility index (Phi) is 6.43. The molecule has 7 heteroatoms. The smallest absolute Gasteiger partial charge is 0.339 e. The van der Waals surface area contributed by atoms with E-state index in [1.54, 1.807) is 13.0 Å². The monoisotopic (exact) mass is 359 g/mol. The van der Waals surface area contributed by atoms with Crippen LogP contribution in [-0.2, 0) is 11.3 Å². The number of carboxylic acids is 1. The second-order valence-corrected chi connectivity index (χ2v) is 5.46. The number of ether oxygens (including phenoxy) is 2. The molecule has 0 radical (unpaired) electrons. The van der Waals surface area contributed by atoms with Crippen molar-refractivity contribution in [3.63, 3.8) is 0 Å². The number of carbonyl (C=O) groups excluding carboxylic acids is 1. The van der Waals surface area contributed by atoms with Gasteiger partial charge in [-0.05, 0) is 37.6 Å². The quantitative estimate of drug-likeness (QED) is 0.752. The Morgan fingerprint density at radius 3 is 2.65 bits per heavy atom. The highest BCUT2D eigenvalue weighted by molar-refractivity contribution is 5.88. The molecule has 1 aromatic heterocycles. The number of methoxy groups -OCH3 is 1. The zero-order chi connectivity index (χ0) is 19.1. The van der Waals surface area contributed by atoms with Gasteiger partial charge in [0.25, 0.3) is 5.91 Å². The number of allylic oxidation sites excluding steroid dienone is 1. The van der Waals surface area contributed by atoms with Crippen molar-refractivity contribution in [3.05, 3.63) is 53.0 Å². The largest absolute Gasteiger partial charge is 0.493 e. The van der Waals surface area contributed by atoms with Crippen LogP contribution in [-0.4, -0.2) is 30.7 Å². The predicted molar refractivity (Wildman–Crippen MR) is 95.4 cm³/mol. The molecule has 0 fully saturated rings. The van der Waals surface area contributed by atoms with E-state index >= 15 is 0 Å². The van der Waals surface area contributed by atoms with Gasteiger partial charge in [-0.2, -0.15) is 0 Å². The topological polar surface area (TPSA) is 98.0 Å². The van der Waals surface area contributed by atoms with E-state index < -0.39 is 5.97 Å². The number of aromatic carboxylic acids is 1. The van der Waals surface area contributed by atoms with Gasteiger partial charge in [0.2, 0.25) is 0 Å². The Bertz CT molecular complexity index is 821. The van der Waals surface area contributed by atoms with Crippen LogP contribution in [0.1, 0.15) is 34.4 Å². The zero-order valence-electron chi connectivity index (χ0n) is 14.9. The minimum atomic E-state index is -1.07. The first-order chi connectivity index (χ1) is 12.4. The summed E-state index contributed by atoms with van der Waals surface area (Å²) in [5, 5.41) is 11.6. The van der Waals surface area contributed by atoms with Crippen LogP contribution in [0.5, 0.6) is 11.5 Å². The van der Waals surface area contributed by atoms with Crippen molar-refractivity contribution in [3.8, 4) is 11.5 Å². The van der Waals surface area contributed by atoms with Gasteiger partial charge in [-0.15, -0.1) is 0 Å². The lowest BCUT2D eigenvalue weighted by Gasteiger charge is -2.11. The number of carbonyl (C=O) groups is 2. The summed E-state index contributed by atoms with van der Waals surface area (Å²) in [4.78, 5) is 22.9. The fourth-order valence-corrected chi connectivity index (χ4v) is 2.32. The molecule has 0 unspecified atom stereocenters. The van der Waals surface area contributed by atoms with E-state index in [9.17, 15) is 9.59 Å². The third kappa shape index (κ3) is 4.89. The number of hydrogen-bond donors (Lipinski definition) is 2. The number of nitrogens with one attached hydrogen (secondary N) is 1. The maximum Gasteiger partial charge on any atom is 0.339 e. The summed E-state index contributed by atoms with van der Waals surface area (Å²) in [5.74, 6) is 0.209. The van der Waals surface area contributed by atoms with Crippen LogP contribution in [0.2, 0.25) is 0 Å². The van der Waals surface area contributed by atoms with Crippen LogP contribution >= 0.6 is 0 Å². The fraction of sp³-hybridized carbons (Fsp3) is 0.263. The second-order valence-electron chi connectivity index (χ2n) is 5.46. The van der Waals surface area contributed by atoms with Crippen molar-refractivity contribution in [1.82, 2.24) is 5.32 Å². The molecule has 0 aliphatic heterocycles. The van der Waals surface area contributed by atoms with Crippen LogP contribution in [0.25, 0.3) is 6.08 Å². The third-order valence-corrected chi connectivity index (χ3v) is 3.56. The number of benzene rings is 1. The molecule has 2 rings (SSSR count). The molecule has 26 heavy (non-hydrogen) atoms. The van der Waals surface area contributed by atoms with Gasteiger partial charge in [-0.3, -0.25) is 4.79 Å². The molecule has 7 nitrogen and oxygen atoms in total. The number of amides is 1. The summed E-state index contributed by atoms with van der Waals surface area (Å²) in [7, 11) is 1.53. The number of carboxylic acid groups (broad SMARTS) is 1. The third-order valence-electron chi connectivity index (χ3n) is 3.56. The van der Waals surface area contributed by atoms with Crippen LogP contribution in [0, 0.1) is 6.92 Å². The molecule has 1 heterocycles. The molecular weight excluding hydrogens is 338 g/mol. The summed E-state index contributed by atoms with van der Waals surface area (Å²) in [6.07, 6.45) is 3.84. The van der Waals surface area contributed by atoms with Gasteiger partial charge in [-0.25, -0.2) is 4.79 Å². The second kappa shape index (κ2) is 8.75. The van der Waals surface area contributed by atoms with Gasteiger partial charge in [0.05, 0.1) is 13.7 Å². The average molecular weight is 359 g/mol. The molecule has 2 aromatic rings. The molecule has 1 amide bonds. The molecular formula is C19H21NO6. The summed E-state index contributed by atoms with van der Waals surface area (Å²) < 4.78 is 16.1. The van der Waals surface area contributed by atoms with Crippen LogP contribution in [0.4, 0.5) is 0 Å². The number of rotatable bonds is 8. The van der Waals surface area contributed by atoms with Gasteiger partial charge in [0.15, 0.2) is 18.1 Å². The number of aryl methyl sites for hydroxylation is 1. The lowest BCUT2D eigenvalue weighted by atomic mass is 10.2. The maximum absolute atomic E-state index is 11.9. The Labute approximate surface area is 151 Å². The van der Waals surface area contributed by atoms with E-state index in [4.69, 9.17) is 19.0 Å². The minimum Gasteiger partial charge on any atom is -0.493 e. The predicted octanol–water partition coefficient (Wildman–Crippen LogP) is 3.02. The lowest BCUT2D eigenvalue weighted by molar-refractivity contribution is -0.123. The molecule has 138 valence electrons. The van der Waals surface area contributed by atoms with Gasteiger partial charge >= 0.3 is 5.97 Å². The summed E-state index contributed by atoms with van der Waals surface area (Å²) in [6.45, 7) is 3.35. The Morgan fingerprint density at radius 1 is 1.27 bits per heavy atom. The van der Waals surface area contributed by atoms with E-state index in [0.717, 1.165) is 5.56 Å². The molecule has 0 atom stereocenters. The van der Waals surface area contributed by atoms with E-state index in [-0.39, 0.29) is 24.6 Å². The molecule has 0 spiro atoms. The number of hydrogen-bond acceptors (Lipinski definition) is 5. The van der Waals surface area contributed by atoms with Crippen LogP contribution < -0.4 is 14.8 Å². The SMILES string of the molecule is C/C=C/c1ccc(OCC(=O)NCc2cc(C(=O)O)c(C)o2)c(OC)c1. The Morgan fingerprint density at radius 2 is 2.04 bits per heavy atom. The number of furan rings is 1. The average Bonchev–Trinajstić information content (AvgIpc) is 3.00. The van der Waals surface area contributed by atoms with E-state index in [2.05, 4.69) is 5.32 Å². The first-order valence-corrected chi connectivity index (χ1v) is 7.97. The molecule has 0 aliphatic rings. The van der Waals surface area contributed by atoms with E-state index in [1.807, 2.05) is 31.2 Å². The van der Waals surface area contributed by atoms with Gasteiger partial charge in [0, 0.05) is 0 Å². The molecule has 0 saturated heterocycles. The van der Waals surface area contributed by atoms with Crippen molar-refractivity contribution in [1.29, 1.82) is 0 Å². The van der Waals surface area contributed by atoms with Crippen LogP contribution in [0.3, 0.4) is 0 Å². The Hall–Kier alpha value is -3.22. The normalized spacial score (nSPS) is 10.7. The summed E-state index contributed by atoms with van der Waals surface area (Å²) in [6, 6.07) is 6.79. The first-order valence-electron chi connectivity index (χ1n) is 7.97. The first kappa shape index (κ1) is 19.1. The zero-order valence-corrected chi connectivity index (χ0v) is 14.9. The van der Waals surface area contributed by atoms with Gasteiger partial charge < -0.3 is 24.3 Å². The van der Waals surface area contributed by atoms with Crippen molar-refractivity contribution in [2.45, 2.75) is 20.4 Å². The molecule has 0 bridgehead atoms. The lowest BCUT2D eigenvalue weighted by Crippen LogP contribution is -2.28. The molecule has 0 aliphatic carbocycles. The summed E-state index contributed by atoms with van der Waals surface area (Å²) >= 11 is 0. The Balaban J connectivity index is 1.91. The maximum atomic E-state index is 11.9. The van der Waals surface area contributed by atoms with Crippen LogP contribution in [0.15, 0.2) is 34.8 Å². The van der Waals surface area contributed by atoms with Crippen molar-refractivity contribution < 1.29 is 28.6 Å². The highest BCUT2D eigenvalue weighted by atomic mass is 16.5. The van der Waals surface area contributed by atoms with E-state index in [1.165, 1.54) is 13.2 Å². The molecule has 1 aromatic carbocycles. The van der Waals surface area contributed by atoms with Crippen molar-refractivity contribution in [2.24, 2.45) is 0 Å². The fourth-order valence-electron chi connectivity index (χ4n) is 2.32. The van der Waals surface area contributed by atoms with Gasteiger partial charge in [-0.1, -0.05) is 18.2 Å². The molecule has 2 N–H and O–H groups in total.